The molecule has 0 atom stereocenters. The van der Waals surface area contributed by atoms with Crippen molar-refractivity contribution in [2.24, 2.45) is 0 Å². The molecule has 1 N–H and O–H groups in total. The van der Waals surface area contributed by atoms with Crippen LogP contribution in [0.4, 0.5) is 0 Å². The second kappa shape index (κ2) is 7.92. The Bertz CT molecular complexity index is 390. The van der Waals surface area contributed by atoms with E-state index in [0.29, 0.717) is 0 Å². The van der Waals surface area contributed by atoms with Crippen LogP contribution in [-0.4, -0.2) is 61.7 Å². The number of hydrogen-bond acceptors (Lipinski definition) is 3. The van der Waals surface area contributed by atoms with Gasteiger partial charge in [0.25, 0.3) is 0 Å². The summed E-state index contributed by atoms with van der Waals surface area (Å²) >= 11 is 0. The maximum atomic E-state index is 3.51. The van der Waals surface area contributed by atoms with Crippen molar-refractivity contribution in [3.8, 4) is 0 Å². The van der Waals surface area contributed by atoms with Gasteiger partial charge in [-0.3, -0.25) is 4.90 Å². The summed E-state index contributed by atoms with van der Waals surface area (Å²) in [6.07, 6.45) is 5.22. The molecule has 1 aromatic carbocycles. The molecule has 116 valence electrons. The molecule has 0 aliphatic carbocycles. The van der Waals surface area contributed by atoms with E-state index in [0.717, 1.165) is 6.04 Å². The van der Waals surface area contributed by atoms with Gasteiger partial charge in [-0.25, -0.2) is 0 Å². The van der Waals surface area contributed by atoms with Crippen molar-refractivity contribution in [1.82, 2.24) is 15.1 Å². The van der Waals surface area contributed by atoms with Crippen LogP contribution >= 0.6 is 0 Å². The zero-order valence-corrected chi connectivity index (χ0v) is 13.1. The number of likely N-dealkylation sites (tertiary alicyclic amines) is 1. The Morgan fingerprint density at radius 1 is 0.952 bits per heavy atom. The Kier molecular flexibility index (Phi) is 5.67. The van der Waals surface area contributed by atoms with Crippen LogP contribution in [0.25, 0.3) is 0 Å². The fourth-order valence-electron chi connectivity index (χ4n) is 3.67. The molecule has 3 nitrogen and oxygen atoms in total. The molecular formula is C18H29N3. The van der Waals surface area contributed by atoms with E-state index >= 15 is 0 Å². The molecule has 2 fully saturated rings. The van der Waals surface area contributed by atoms with Crippen molar-refractivity contribution >= 4 is 0 Å². The predicted octanol–water partition coefficient (Wildman–Crippen LogP) is 1.99. The van der Waals surface area contributed by atoms with E-state index < -0.39 is 0 Å². The SMILES string of the molecule is c1ccc(CCN2CCC(N3CCCNCC3)CC2)cc1. The Balaban J connectivity index is 1.40. The normalized spacial score (nSPS) is 23.0. The molecule has 3 rings (SSSR count). The first-order chi connectivity index (χ1) is 10.4. The number of nitrogens with one attached hydrogen (secondary N) is 1. The Labute approximate surface area is 129 Å². The third-order valence-corrected chi connectivity index (χ3v) is 5.01. The summed E-state index contributed by atoms with van der Waals surface area (Å²) in [5.41, 5.74) is 1.47. The Morgan fingerprint density at radius 2 is 1.76 bits per heavy atom. The molecular weight excluding hydrogens is 258 g/mol. The minimum Gasteiger partial charge on any atom is -0.315 e. The first kappa shape index (κ1) is 15.0. The fraction of sp³-hybridized carbons (Fsp3) is 0.667. The molecule has 0 spiro atoms. The van der Waals surface area contributed by atoms with Gasteiger partial charge in [-0.05, 0) is 57.4 Å². The molecule has 2 heterocycles. The largest absolute Gasteiger partial charge is 0.315 e. The second-order valence-electron chi connectivity index (χ2n) is 6.45. The highest BCUT2D eigenvalue weighted by molar-refractivity contribution is 5.14. The molecule has 0 bridgehead atoms. The third kappa shape index (κ3) is 4.53. The van der Waals surface area contributed by atoms with Gasteiger partial charge in [0, 0.05) is 25.7 Å². The quantitative estimate of drug-likeness (QED) is 0.913. The number of piperidine rings is 1. The van der Waals surface area contributed by atoms with Crippen LogP contribution in [0.3, 0.4) is 0 Å². The summed E-state index contributed by atoms with van der Waals surface area (Å²) < 4.78 is 0. The van der Waals surface area contributed by atoms with E-state index in [1.54, 1.807) is 0 Å². The Morgan fingerprint density at radius 3 is 2.57 bits per heavy atom. The number of hydrogen-bond donors (Lipinski definition) is 1. The average Bonchev–Trinajstić information content (AvgIpc) is 2.84. The predicted molar refractivity (Wildman–Crippen MR) is 88.7 cm³/mol. The zero-order valence-electron chi connectivity index (χ0n) is 13.1. The van der Waals surface area contributed by atoms with E-state index in [4.69, 9.17) is 0 Å². The van der Waals surface area contributed by atoms with Crippen molar-refractivity contribution < 1.29 is 0 Å². The first-order valence-electron chi connectivity index (χ1n) is 8.63. The smallest absolute Gasteiger partial charge is 0.0120 e. The number of nitrogens with zero attached hydrogens (tertiary/aromatic N) is 2. The summed E-state index contributed by atoms with van der Waals surface area (Å²) in [6.45, 7) is 8.69. The van der Waals surface area contributed by atoms with E-state index in [2.05, 4.69) is 45.4 Å². The van der Waals surface area contributed by atoms with Crippen LogP contribution in [0.1, 0.15) is 24.8 Å². The summed E-state index contributed by atoms with van der Waals surface area (Å²) in [4.78, 5) is 5.38. The minimum absolute atomic E-state index is 0.831. The van der Waals surface area contributed by atoms with E-state index in [-0.39, 0.29) is 0 Å². The van der Waals surface area contributed by atoms with Gasteiger partial charge < -0.3 is 10.2 Å². The monoisotopic (exact) mass is 287 g/mol. The lowest BCUT2D eigenvalue weighted by atomic mass is 10.0. The van der Waals surface area contributed by atoms with Gasteiger partial charge >= 0.3 is 0 Å². The standard InChI is InChI=1S/C18H29N3/c1-2-5-17(6-3-1)7-13-20-14-8-18(9-15-20)21-12-4-10-19-11-16-21/h1-3,5-6,18-19H,4,7-16H2. The summed E-state index contributed by atoms with van der Waals surface area (Å²) in [5, 5.41) is 3.51. The minimum atomic E-state index is 0.831. The van der Waals surface area contributed by atoms with Crippen LogP contribution in [0.5, 0.6) is 0 Å². The molecule has 0 aromatic heterocycles. The molecule has 0 amide bonds. The highest BCUT2D eigenvalue weighted by atomic mass is 15.2. The fourth-order valence-corrected chi connectivity index (χ4v) is 3.67. The lowest BCUT2D eigenvalue weighted by molar-refractivity contribution is 0.114. The van der Waals surface area contributed by atoms with Crippen LogP contribution in [0, 0.1) is 0 Å². The molecule has 2 aliphatic heterocycles. The van der Waals surface area contributed by atoms with Crippen molar-refractivity contribution in [3.63, 3.8) is 0 Å². The van der Waals surface area contributed by atoms with Gasteiger partial charge in [0.15, 0.2) is 0 Å². The topological polar surface area (TPSA) is 18.5 Å². The summed E-state index contributed by atoms with van der Waals surface area (Å²) in [6, 6.07) is 11.7. The first-order valence-corrected chi connectivity index (χ1v) is 8.63. The molecule has 21 heavy (non-hydrogen) atoms. The highest BCUT2D eigenvalue weighted by Crippen LogP contribution is 2.17. The van der Waals surface area contributed by atoms with Crippen molar-refractivity contribution in [2.75, 3.05) is 45.8 Å². The lowest BCUT2D eigenvalue weighted by Gasteiger charge is -2.38. The average molecular weight is 287 g/mol. The third-order valence-electron chi connectivity index (χ3n) is 5.01. The van der Waals surface area contributed by atoms with E-state index in [1.807, 2.05) is 0 Å². The van der Waals surface area contributed by atoms with Gasteiger partial charge in [-0.1, -0.05) is 30.3 Å². The van der Waals surface area contributed by atoms with Crippen molar-refractivity contribution in [1.29, 1.82) is 0 Å². The molecule has 2 saturated heterocycles. The van der Waals surface area contributed by atoms with Crippen LogP contribution < -0.4 is 5.32 Å². The van der Waals surface area contributed by atoms with Gasteiger partial charge in [0.1, 0.15) is 0 Å². The molecule has 0 unspecified atom stereocenters. The van der Waals surface area contributed by atoms with E-state index in [1.165, 1.54) is 77.1 Å². The molecule has 1 aromatic rings. The Hall–Kier alpha value is -0.900. The lowest BCUT2D eigenvalue weighted by Crippen LogP contribution is -2.46. The molecule has 0 saturated carbocycles. The maximum absolute atomic E-state index is 3.51. The summed E-state index contributed by atoms with van der Waals surface area (Å²) in [7, 11) is 0. The molecule has 3 heteroatoms. The molecule has 2 aliphatic rings. The van der Waals surface area contributed by atoms with Crippen LogP contribution in [0.15, 0.2) is 30.3 Å². The van der Waals surface area contributed by atoms with Gasteiger partial charge in [-0.15, -0.1) is 0 Å². The maximum Gasteiger partial charge on any atom is 0.0120 e. The number of benzene rings is 1. The van der Waals surface area contributed by atoms with Gasteiger partial charge in [0.2, 0.25) is 0 Å². The van der Waals surface area contributed by atoms with Crippen LogP contribution in [-0.2, 0) is 6.42 Å². The second-order valence-corrected chi connectivity index (χ2v) is 6.45. The van der Waals surface area contributed by atoms with Crippen molar-refractivity contribution in [2.45, 2.75) is 31.7 Å². The van der Waals surface area contributed by atoms with E-state index in [9.17, 15) is 0 Å². The molecule has 0 radical (unpaired) electrons. The van der Waals surface area contributed by atoms with Crippen LogP contribution in [0.2, 0.25) is 0 Å². The van der Waals surface area contributed by atoms with Gasteiger partial charge in [0.05, 0.1) is 0 Å². The highest BCUT2D eigenvalue weighted by Gasteiger charge is 2.24. The van der Waals surface area contributed by atoms with Gasteiger partial charge in [-0.2, -0.15) is 0 Å². The summed E-state index contributed by atoms with van der Waals surface area (Å²) in [5.74, 6) is 0. The number of rotatable bonds is 4. The van der Waals surface area contributed by atoms with Crippen molar-refractivity contribution in [3.05, 3.63) is 35.9 Å². The zero-order chi connectivity index (χ0) is 14.3.